The van der Waals surface area contributed by atoms with E-state index in [4.69, 9.17) is 5.26 Å². The van der Waals surface area contributed by atoms with Gasteiger partial charge in [0.2, 0.25) is 0 Å². The summed E-state index contributed by atoms with van der Waals surface area (Å²) >= 11 is 0. The van der Waals surface area contributed by atoms with Gasteiger partial charge in [-0.3, -0.25) is 0 Å². The first-order valence-electron chi connectivity index (χ1n) is 6.05. The fourth-order valence-electron chi connectivity index (χ4n) is 1.83. The molecule has 0 amide bonds. The maximum atomic E-state index is 8.45. The maximum absolute atomic E-state index is 8.45. The van der Waals surface area contributed by atoms with E-state index in [-0.39, 0.29) is 0 Å². The highest BCUT2D eigenvalue weighted by molar-refractivity contribution is 5.50. The van der Waals surface area contributed by atoms with Crippen molar-refractivity contribution in [3.63, 3.8) is 0 Å². The molecule has 1 nitrogen and oxygen atoms in total. The molecule has 0 aliphatic rings. The summed E-state index contributed by atoms with van der Waals surface area (Å²) in [6, 6.07) is 21.0. The van der Waals surface area contributed by atoms with Crippen LogP contribution in [0.3, 0.4) is 0 Å². The van der Waals surface area contributed by atoms with E-state index in [9.17, 15) is 0 Å². The third-order valence-electron chi connectivity index (χ3n) is 2.75. The van der Waals surface area contributed by atoms with Gasteiger partial charge in [0, 0.05) is 0 Å². The Labute approximate surface area is 108 Å². The van der Waals surface area contributed by atoms with Gasteiger partial charge in [0.05, 0.1) is 12.5 Å². The number of allylic oxidation sites excluding steroid dienone is 1. The van der Waals surface area contributed by atoms with E-state index in [1.807, 2.05) is 18.2 Å². The molecule has 0 aromatic heterocycles. The highest BCUT2D eigenvalue weighted by Gasteiger charge is 1.95. The third-order valence-corrected chi connectivity index (χ3v) is 2.75. The van der Waals surface area contributed by atoms with Crippen molar-refractivity contribution in [1.29, 1.82) is 5.26 Å². The van der Waals surface area contributed by atoms with E-state index in [1.165, 1.54) is 11.1 Å². The summed E-state index contributed by atoms with van der Waals surface area (Å²) in [7, 11) is 0. The topological polar surface area (TPSA) is 23.8 Å². The molecule has 0 atom stereocenters. The second-order valence-corrected chi connectivity index (χ2v) is 4.17. The Balaban J connectivity index is 2.02. The zero-order valence-electron chi connectivity index (χ0n) is 10.2. The van der Waals surface area contributed by atoms with Crippen LogP contribution in [-0.2, 0) is 6.42 Å². The van der Waals surface area contributed by atoms with Gasteiger partial charge in [-0.05, 0) is 23.1 Å². The van der Waals surface area contributed by atoms with Crippen molar-refractivity contribution in [2.24, 2.45) is 0 Å². The third kappa shape index (κ3) is 3.61. The normalized spacial score (nSPS) is 10.4. The second kappa shape index (κ2) is 6.42. The first-order valence-corrected chi connectivity index (χ1v) is 6.05. The molecule has 0 N–H and O–H groups in total. The number of rotatable bonds is 4. The molecule has 2 aromatic rings. The van der Waals surface area contributed by atoms with E-state index in [0.717, 1.165) is 12.0 Å². The van der Waals surface area contributed by atoms with E-state index in [0.29, 0.717) is 6.42 Å². The van der Waals surface area contributed by atoms with Crippen LogP contribution in [0, 0.1) is 11.3 Å². The van der Waals surface area contributed by atoms with Crippen LogP contribution >= 0.6 is 0 Å². The first kappa shape index (κ1) is 12.1. The van der Waals surface area contributed by atoms with Crippen molar-refractivity contribution in [3.05, 3.63) is 77.4 Å². The highest BCUT2D eigenvalue weighted by Crippen LogP contribution is 2.11. The van der Waals surface area contributed by atoms with E-state index in [1.54, 1.807) is 0 Å². The van der Waals surface area contributed by atoms with Gasteiger partial charge >= 0.3 is 0 Å². The first-order chi connectivity index (χ1) is 8.88. The van der Waals surface area contributed by atoms with Crippen LogP contribution in [0.1, 0.15) is 23.1 Å². The molecule has 0 unspecified atom stereocenters. The summed E-state index contributed by atoms with van der Waals surface area (Å²) in [6.07, 6.45) is 5.29. The fourth-order valence-corrected chi connectivity index (χ4v) is 1.83. The Morgan fingerprint density at radius 1 is 0.889 bits per heavy atom. The van der Waals surface area contributed by atoms with Crippen LogP contribution in [0.2, 0.25) is 0 Å². The van der Waals surface area contributed by atoms with Crippen molar-refractivity contribution >= 4 is 6.08 Å². The van der Waals surface area contributed by atoms with Crippen molar-refractivity contribution in [2.75, 3.05) is 0 Å². The van der Waals surface area contributed by atoms with Gasteiger partial charge in [0.1, 0.15) is 0 Å². The number of hydrogen-bond acceptors (Lipinski definition) is 1. The van der Waals surface area contributed by atoms with Crippen molar-refractivity contribution in [1.82, 2.24) is 0 Å². The summed E-state index contributed by atoms with van der Waals surface area (Å²) in [6.45, 7) is 0. The molecule has 0 saturated heterocycles. The minimum atomic E-state index is 0.464. The zero-order valence-corrected chi connectivity index (χ0v) is 10.2. The Kier molecular flexibility index (Phi) is 4.33. The number of nitriles is 1. The lowest BCUT2D eigenvalue weighted by atomic mass is 10.0. The average molecular weight is 233 g/mol. The van der Waals surface area contributed by atoms with E-state index < -0.39 is 0 Å². The Hall–Kier alpha value is -2.33. The largest absolute Gasteiger partial charge is 0.198 e. The zero-order chi connectivity index (χ0) is 12.6. The molecule has 0 spiro atoms. The molecule has 0 fully saturated rings. The van der Waals surface area contributed by atoms with Gasteiger partial charge in [0.15, 0.2) is 0 Å². The Bertz CT molecular complexity index is 544. The van der Waals surface area contributed by atoms with Gasteiger partial charge in [-0.2, -0.15) is 5.26 Å². The van der Waals surface area contributed by atoms with Crippen LogP contribution in [0.25, 0.3) is 6.08 Å². The summed E-state index contributed by atoms with van der Waals surface area (Å²) in [5.41, 5.74) is 3.77. The fraction of sp³-hybridized carbons (Fsp3) is 0.118. The molecule has 2 aromatic carbocycles. The molecular formula is C17H15N. The molecule has 0 aliphatic heterocycles. The van der Waals surface area contributed by atoms with Gasteiger partial charge in [-0.1, -0.05) is 66.7 Å². The molecule has 0 radical (unpaired) electrons. The van der Waals surface area contributed by atoms with E-state index >= 15 is 0 Å². The van der Waals surface area contributed by atoms with Crippen LogP contribution in [0.15, 0.2) is 60.7 Å². The molecule has 0 bridgehead atoms. The van der Waals surface area contributed by atoms with Crippen molar-refractivity contribution in [2.45, 2.75) is 12.8 Å². The maximum Gasteiger partial charge on any atom is 0.0663 e. The van der Waals surface area contributed by atoms with Gasteiger partial charge in [-0.15, -0.1) is 0 Å². The van der Waals surface area contributed by atoms with Crippen LogP contribution in [0.5, 0.6) is 0 Å². The smallest absolute Gasteiger partial charge is 0.0663 e. The summed E-state index contributed by atoms with van der Waals surface area (Å²) in [5, 5.41) is 8.45. The predicted octanol–water partition coefficient (Wildman–Crippen LogP) is 4.20. The predicted molar refractivity (Wildman–Crippen MR) is 75.0 cm³/mol. The monoisotopic (exact) mass is 233 g/mol. The number of benzene rings is 2. The van der Waals surface area contributed by atoms with Crippen LogP contribution in [-0.4, -0.2) is 0 Å². The molecular weight excluding hydrogens is 218 g/mol. The summed E-state index contributed by atoms with van der Waals surface area (Å²) in [5.74, 6) is 0. The average Bonchev–Trinajstić information content (AvgIpc) is 2.42. The molecule has 18 heavy (non-hydrogen) atoms. The van der Waals surface area contributed by atoms with E-state index in [2.05, 4.69) is 54.6 Å². The Morgan fingerprint density at radius 3 is 2.22 bits per heavy atom. The minimum absolute atomic E-state index is 0.464. The minimum Gasteiger partial charge on any atom is -0.198 e. The van der Waals surface area contributed by atoms with Crippen molar-refractivity contribution in [3.8, 4) is 6.07 Å². The molecule has 0 heterocycles. The number of hydrogen-bond donors (Lipinski definition) is 0. The van der Waals surface area contributed by atoms with Gasteiger partial charge < -0.3 is 0 Å². The summed E-state index contributed by atoms with van der Waals surface area (Å²) in [4.78, 5) is 0. The molecule has 2 rings (SSSR count). The second-order valence-electron chi connectivity index (χ2n) is 4.17. The number of nitrogens with zero attached hydrogens (tertiary/aromatic N) is 1. The lowest BCUT2D eigenvalue weighted by Gasteiger charge is -2.02. The molecule has 0 aliphatic carbocycles. The van der Waals surface area contributed by atoms with Gasteiger partial charge in [-0.25, -0.2) is 0 Å². The molecule has 1 heteroatoms. The SMILES string of the molecule is N#CCC=Cc1ccc(Cc2ccccc2)cc1. The summed E-state index contributed by atoms with van der Waals surface area (Å²) < 4.78 is 0. The van der Waals surface area contributed by atoms with Crippen LogP contribution in [0.4, 0.5) is 0 Å². The lowest BCUT2D eigenvalue weighted by molar-refractivity contribution is 1.19. The highest BCUT2D eigenvalue weighted by atomic mass is 14.2. The Morgan fingerprint density at radius 2 is 1.56 bits per heavy atom. The quantitative estimate of drug-likeness (QED) is 0.776. The standard InChI is InChI=1S/C17H15N/c18-13-5-4-6-15-9-11-17(12-10-15)14-16-7-2-1-3-8-16/h1-4,6-12H,5,14H2. The lowest BCUT2D eigenvalue weighted by Crippen LogP contribution is -1.87. The van der Waals surface area contributed by atoms with Gasteiger partial charge in [0.25, 0.3) is 0 Å². The molecule has 0 saturated carbocycles. The molecule has 88 valence electrons. The van der Waals surface area contributed by atoms with Crippen molar-refractivity contribution < 1.29 is 0 Å². The van der Waals surface area contributed by atoms with Crippen LogP contribution < -0.4 is 0 Å².